The van der Waals surface area contributed by atoms with Crippen molar-refractivity contribution in [2.45, 2.75) is 30.4 Å². The van der Waals surface area contributed by atoms with E-state index in [9.17, 15) is 13.2 Å². The lowest BCUT2D eigenvalue weighted by atomic mass is 9.94. The molecule has 0 radical (unpaired) electrons. The number of methoxy groups -OCH3 is 1. The highest BCUT2D eigenvalue weighted by Gasteiger charge is 2.35. The number of fused-ring (bicyclic) bond motifs is 1. The first-order valence-electron chi connectivity index (χ1n) is 10.1. The van der Waals surface area contributed by atoms with Gasteiger partial charge in [0.2, 0.25) is 0 Å². The van der Waals surface area contributed by atoms with Crippen molar-refractivity contribution >= 4 is 32.0 Å². The van der Waals surface area contributed by atoms with E-state index < -0.39 is 28.3 Å². The number of carbonyl (C=O) groups excluding carboxylic acids is 1. The Kier molecular flexibility index (Phi) is 6.62. The van der Waals surface area contributed by atoms with Crippen molar-refractivity contribution in [3.63, 3.8) is 0 Å². The number of rotatable bonds is 5. The van der Waals surface area contributed by atoms with E-state index in [-0.39, 0.29) is 4.90 Å². The van der Waals surface area contributed by atoms with Crippen LogP contribution in [0.5, 0.6) is 11.5 Å². The largest absolute Gasteiger partial charge is 0.497 e. The number of benzene rings is 3. The van der Waals surface area contributed by atoms with Crippen molar-refractivity contribution in [3.05, 3.63) is 87.9 Å². The van der Waals surface area contributed by atoms with Crippen molar-refractivity contribution in [2.24, 2.45) is 0 Å². The van der Waals surface area contributed by atoms with Gasteiger partial charge in [-0.15, -0.1) is 0 Å². The van der Waals surface area contributed by atoms with Gasteiger partial charge in [-0.3, -0.25) is 0 Å². The van der Waals surface area contributed by atoms with Crippen LogP contribution >= 0.6 is 15.9 Å². The lowest BCUT2D eigenvalue weighted by Gasteiger charge is -2.33. The SMILES string of the molecule is COc1cccc([C@@H]2Oc3ccc(Br)cc3C[C@H]2OC(=O)NS(=O)(=O)c2ccc(C)cc2)c1. The van der Waals surface area contributed by atoms with E-state index in [4.69, 9.17) is 14.2 Å². The quantitative estimate of drug-likeness (QED) is 0.502. The highest BCUT2D eigenvalue weighted by atomic mass is 79.9. The minimum atomic E-state index is -4.08. The summed E-state index contributed by atoms with van der Waals surface area (Å²) in [5.41, 5.74) is 2.48. The van der Waals surface area contributed by atoms with Gasteiger partial charge in [0.25, 0.3) is 10.0 Å². The minimum absolute atomic E-state index is 0.0245. The highest BCUT2D eigenvalue weighted by molar-refractivity contribution is 9.10. The molecule has 0 saturated carbocycles. The van der Waals surface area contributed by atoms with Crippen LogP contribution in [0.15, 0.2) is 76.1 Å². The summed E-state index contributed by atoms with van der Waals surface area (Å²) in [5.74, 6) is 1.29. The Balaban J connectivity index is 1.59. The molecule has 0 spiro atoms. The number of nitrogens with one attached hydrogen (secondary N) is 1. The summed E-state index contributed by atoms with van der Waals surface area (Å²) in [6, 6.07) is 19.0. The van der Waals surface area contributed by atoms with Crippen LogP contribution in [0, 0.1) is 6.92 Å². The molecule has 2 atom stereocenters. The molecule has 1 heterocycles. The normalized spacial score (nSPS) is 17.4. The molecule has 0 aromatic heterocycles. The predicted octanol–water partition coefficient (Wildman–Crippen LogP) is 4.93. The van der Waals surface area contributed by atoms with E-state index in [0.717, 1.165) is 21.2 Å². The van der Waals surface area contributed by atoms with Crippen molar-refractivity contribution in [1.29, 1.82) is 0 Å². The van der Waals surface area contributed by atoms with E-state index in [1.54, 1.807) is 31.4 Å². The Morgan fingerprint density at radius 3 is 2.58 bits per heavy atom. The van der Waals surface area contributed by atoms with Crippen LogP contribution in [0.4, 0.5) is 4.79 Å². The molecule has 0 fully saturated rings. The molecule has 0 aliphatic carbocycles. The van der Waals surface area contributed by atoms with Gasteiger partial charge in [0.15, 0.2) is 6.10 Å². The average Bonchev–Trinajstić information content (AvgIpc) is 2.78. The molecule has 3 aromatic carbocycles. The van der Waals surface area contributed by atoms with E-state index in [2.05, 4.69) is 15.9 Å². The smallest absolute Gasteiger partial charge is 0.421 e. The summed E-state index contributed by atoms with van der Waals surface area (Å²) < 4.78 is 45.2. The first kappa shape index (κ1) is 23.1. The van der Waals surface area contributed by atoms with Crippen LogP contribution in [0.3, 0.4) is 0 Å². The standard InChI is InChI=1S/C24H22BrNO6S/c1-15-6-9-20(10-7-15)33(28,29)26-24(27)32-22-14-17-12-18(25)8-11-21(17)31-23(22)16-4-3-5-19(13-16)30-2/h3-13,22-23H,14H2,1-2H3,(H,26,27)/t22-,23+/m1/s1. The molecule has 7 nitrogen and oxygen atoms in total. The lowest BCUT2D eigenvalue weighted by Crippen LogP contribution is -2.39. The van der Waals surface area contributed by atoms with Crippen LogP contribution in [-0.2, 0) is 21.2 Å². The second kappa shape index (κ2) is 9.44. The van der Waals surface area contributed by atoms with Gasteiger partial charge in [-0.2, -0.15) is 0 Å². The van der Waals surface area contributed by atoms with Crippen molar-refractivity contribution in [1.82, 2.24) is 4.72 Å². The fraction of sp³-hybridized carbons (Fsp3) is 0.208. The number of hydrogen-bond acceptors (Lipinski definition) is 6. The zero-order valence-electron chi connectivity index (χ0n) is 17.9. The van der Waals surface area contributed by atoms with Gasteiger partial charge >= 0.3 is 6.09 Å². The molecule has 1 N–H and O–H groups in total. The molecule has 4 rings (SSSR count). The summed E-state index contributed by atoms with van der Waals surface area (Å²) >= 11 is 3.44. The molecule has 0 saturated heterocycles. The molecule has 0 bridgehead atoms. The predicted molar refractivity (Wildman–Crippen MR) is 126 cm³/mol. The van der Waals surface area contributed by atoms with Crippen LogP contribution in [-0.4, -0.2) is 27.7 Å². The summed E-state index contributed by atoms with van der Waals surface area (Å²) in [6.45, 7) is 1.84. The number of aryl methyl sites for hydroxylation is 1. The molecular formula is C24H22BrNO6S. The Morgan fingerprint density at radius 1 is 1.09 bits per heavy atom. The highest BCUT2D eigenvalue weighted by Crippen LogP contribution is 2.38. The van der Waals surface area contributed by atoms with Gasteiger partial charge in [0.05, 0.1) is 12.0 Å². The monoisotopic (exact) mass is 531 g/mol. The second-order valence-corrected chi connectivity index (χ2v) is 10.2. The number of amides is 1. The maximum Gasteiger partial charge on any atom is 0.421 e. The maximum absolute atomic E-state index is 12.6. The number of halogens is 1. The zero-order valence-corrected chi connectivity index (χ0v) is 20.4. The number of sulfonamides is 1. The number of hydrogen-bond donors (Lipinski definition) is 1. The summed E-state index contributed by atoms with van der Waals surface area (Å²) in [7, 11) is -2.52. The van der Waals surface area contributed by atoms with Gasteiger partial charge in [-0.25, -0.2) is 17.9 Å². The Bertz CT molecular complexity index is 1280. The van der Waals surface area contributed by atoms with Crippen LogP contribution in [0.25, 0.3) is 0 Å². The lowest BCUT2D eigenvalue weighted by molar-refractivity contribution is 0.00534. The third-order valence-corrected chi connectivity index (χ3v) is 7.09. The van der Waals surface area contributed by atoms with Crippen LogP contribution in [0.2, 0.25) is 0 Å². The summed E-state index contributed by atoms with van der Waals surface area (Å²) in [5, 5.41) is 0. The molecule has 172 valence electrons. The zero-order chi connectivity index (χ0) is 23.6. The summed E-state index contributed by atoms with van der Waals surface area (Å²) in [4.78, 5) is 12.6. The average molecular weight is 532 g/mol. The number of ether oxygens (including phenoxy) is 3. The summed E-state index contributed by atoms with van der Waals surface area (Å²) in [6.07, 6.45) is -2.15. The Morgan fingerprint density at radius 2 is 1.85 bits per heavy atom. The van der Waals surface area contributed by atoms with Gasteiger partial charge in [0.1, 0.15) is 17.6 Å². The van der Waals surface area contributed by atoms with Gasteiger partial charge in [-0.1, -0.05) is 45.8 Å². The van der Waals surface area contributed by atoms with Gasteiger partial charge in [0, 0.05) is 10.9 Å². The fourth-order valence-electron chi connectivity index (χ4n) is 3.61. The molecule has 9 heteroatoms. The van der Waals surface area contributed by atoms with E-state index in [1.165, 1.54) is 12.1 Å². The second-order valence-electron chi connectivity index (χ2n) is 7.63. The maximum atomic E-state index is 12.6. The number of carbonyl (C=O) groups is 1. The minimum Gasteiger partial charge on any atom is -0.497 e. The molecule has 0 unspecified atom stereocenters. The first-order valence-corrected chi connectivity index (χ1v) is 12.4. The fourth-order valence-corrected chi connectivity index (χ4v) is 4.90. The van der Waals surface area contributed by atoms with Crippen molar-refractivity contribution in [3.8, 4) is 11.5 Å². The topological polar surface area (TPSA) is 90.9 Å². The van der Waals surface area contributed by atoms with Crippen LogP contribution < -0.4 is 14.2 Å². The Labute approximate surface area is 200 Å². The van der Waals surface area contributed by atoms with Crippen molar-refractivity contribution in [2.75, 3.05) is 7.11 Å². The molecule has 1 amide bonds. The van der Waals surface area contributed by atoms with Gasteiger partial charge in [-0.05, 0) is 60.5 Å². The first-order chi connectivity index (χ1) is 15.7. The molecular weight excluding hydrogens is 510 g/mol. The molecule has 1 aliphatic heterocycles. The molecule has 33 heavy (non-hydrogen) atoms. The third kappa shape index (κ3) is 5.31. The van der Waals surface area contributed by atoms with Gasteiger partial charge < -0.3 is 14.2 Å². The molecule has 1 aliphatic rings. The molecule has 3 aromatic rings. The van der Waals surface area contributed by atoms with E-state index >= 15 is 0 Å². The Hall–Kier alpha value is -3.04. The van der Waals surface area contributed by atoms with Crippen LogP contribution in [0.1, 0.15) is 22.8 Å². The van der Waals surface area contributed by atoms with E-state index in [0.29, 0.717) is 17.9 Å². The van der Waals surface area contributed by atoms with Crippen molar-refractivity contribution < 1.29 is 27.4 Å². The van der Waals surface area contributed by atoms with E-state index in [1.807, 2.05) is 42.0 Å². The third-order valence-electron chi connectivity index (χ3n) is 5.26.